The van der Waals surface area contributed by atoms with Gasteiger partial charge in [-0.1, -0.05) is 12.1 Å². The molecule has 0 aliphatic heterocycles. The van der Waals surface area contributed by atoms with Gasteiger partial charge in [0.05, 0.1) is 0 Å². The number of rotatable bonds is 3. The lowest BCUT2D eigenvalue weighted by Crippen LogP contribution is -2.36. The van der Waals surface area contributed by atoms with E-state index in [2.05, 4.69) is 10.6 Å². The third kappa shape index (κ3) is 3.40. The van der Waals surface area contributed by atoms with Gasteiger partial charge in [-0.05, 0) is 42.8 Å². The molecule has 3 nitrogen and oxygen atoms in total. The van der Waals surface area contributed by atoms with Crippen molar-refractivity contribution in [3.05, 3.63) is 29.8 Å². The molecule has 1 fully saturated rings. The van der Waals surface area contributed by atoms with Crippen LogP contribution in [0.2, 0.25) is 0 Å². The smallest absolute Gasteiger partial charge is 0.166 e. The van der Waals surface area contributed by atoms with E-state index < -0.39 is 0 Å². The van der Waals surface area contributed by atoms with E-state index in [9.17, 15) is 0 Å². The van der Waals surface area contributed by atoms with Crippen LogP contribution in [0.1, 0.15) is 18.4 Å². The van der Waals surface area contributed by atoms with Gasteiger partial charge in [0.25, 0.3) is 0 Å². The molecular weight excluding hydrogens is 206 g/mol. The zero-order chi connectivity index (χ0) is 10.7. The van der Waals surface area contributed by atoms with E-state index in [1.165, 1.54) is 12.8 Å². The van der Waals surface area contributed by atoms with Gasteiger partial charge >= 0.3 is 0 Å². The standard InChI is InChI=1S/C11H15N3S/c12-9-3-1-2-8(6-9)7-13-11(15)14-10-4-5-10/h1-3,6,10H,4-5,7,12H2,(H2,13,14,15). The van der Waals surface area contributed by atoms with E-state index in [1.807, 2.05) is 24.3 Å². The van der Waals surface area contributed by atoms with E-state index in [-0.39, 0.29) is 0 Å². The molecule has 0 aromatic heterocycles. The van der Waals surface area contributed by atoms with E-state index in [4.69, 9.17) is 18.0 Å². The second-order valence-electron chi connectivity index (χ2n) is 3.85. The van der Waals surface area contributed by atoms with Crippen molar-refractivity contribution in [2.24, 2.45) is 0 Å². The van der Waals surface area contributed by atoms with E-state index in [1.54, 1.807) is 0 Å². The van der Waals surface area contributed by atoms with Gasteiger partial charge in [0.1, 0.15) is 0 Å². The highest BCUT2D eigenvalue weighted by Gasteiger charge is 2.21. The molecule has 1 aromatic carbocycles. The van der Waals surface area contributed by atoms with E-state index >= 15 is 0 Å². The monoisotopic (exact) mass is 221 g/mol. The Hall–Kier alpha value is -1.29. The zero-order valence-electron chi connectivity index (χ0n) is 8.49. The average molecular weight is 221 g/mol. The molecule has 1 aromatic rings. The number of thiocarbonyl (C=S) groups is 1. The molecule has 0 saturated heterocycles. The zero-order valence-corrected chi connectivity index (χ0v) is 9.31. The Balaban J connectivity index is 1.78. The van der Waals surface area contributed by atoms with Gasteiger partial charge in [0.2, 0.25) is 0 Å². The second-order valence-corrected chi connectivity index (χ2v) is 4.25. The molecule has 1 saturated carbocycles. The number of nitrogen functional groups attached to an aromatic ring is 1. The maximum Gasteiger partial charge on any atom is 0.166 e. The average Bonchev–Trinajstić information content (AvgIpc) is 2.99. The highest BCUT2D eigenvalue weighted by atomic mass is 32.1. The van der Waals surface area contributed by atoms with Gasteiger partial charge in [-0.15, -0.1) is 0 Å². The van der Waals surface area contributed by atoms with Crippen LogP contribution in [0.5, 0.6) is 0 Å². The van der Waals surface area contributed by atoms with Crippen LogP contribution in [0.15, 0.2) is 24.3 Å². The summed E-state index contributed by atoms with van der Waals surface area (Å²) in [6, 6.07) is 8.41. The predicted molar refractivity (Wildman–Crippen MR) is 66.4 cm³/mol. The molecule has 0 heterocycles. The number of nitrogens with two attached hydrogens (primary N) is 1. The van der Waals surface area contributed by atoms with Crippen molar-refractivity contribution in [1.82, 2.24) is 10.6 Å². The van der Waals surface area contributed by atoms with Crippen molar-refractivity contribution in [1.29, 1.82) is 0 Å². The van der Waals surface area contributed by atoms with E-state index in [0.29, 0.717) is 6.04 Å². The normalized spacial score (nSPS) is 14.7. The number of benzene rings is 1. The molecule has 0 unspecified atom stereocenters. The van der Waals surface area contributed by atoms with Crippen LogP contribution in [0.4, 0.5) is 5.69 Å². The first-order chi connectivity index (χ1) is 7.24. The predicted octanol–water partition coefficient (Wildman–Crippen LogP) is 1.40. The summed E-state index contributed by atoms with van der Waals surface area (Å²) in [6.07, 6.45) is 2.47. The Morgan fingerprint density at radius 3 is 2.93 bits per heavy atom. The summed E-state index contributed by atoms with van der Waals surface area (Å²) >= 11 is 5.15. The van der Waals surface area contributed by atoms with Gasteiger partial charge in [0, 0.05) is 18.3 Å². The first-order valence-electron chi connectivity index (χ1n) is 5.13. The quantitative estimate of drug-likeness (QED) is 0.533. The Morgan fingerprint density at radius 1 is 1.47 bits per heavy atom. The number of hydrogen-bond acceptors (Lipinski definition) is 2. The molecule has 0 amide bonds. The SMILES string of the molecule is Nc1cccc(CNC(=S)NC2CC2)c1. The Kier molecular flexibility index (Phi) is 3.06. The summed E-state index contributed by atoms with van der Waals surface area (Å²) in [7, 11) is 0. The van der Waals surface area contributed by atoms with Crippen molar-refractivity contribution >= 4 is 23.0 Å². The summed E-state index contributed by atoms with van der Waals surface area (Å²) < 4.78 is 0. The molecule has 0 radical (unpaired) electrons. The molecule has 4 heteroatoms. The van der Waals surface area contributed by atoms with Crippen molar-refractivity contribution in [2.75, 3.05) is 5.73 Å². The summed E-state index contributed by atoms with van der Waals surface area (Å²) in [5.41, 5.74) is 7.61. The summed E-state index contributed by atoms with van der Waals surface area (Å²) in [6.45, 7) is 0.726. The van der Waals surface area contributed by atoms with Gasteiger partial charge < -0.3 is 16.4 Å². The molecule has 2 rings (SSSR count). The number of hydrogen-bond donors (Lipinski definition) is 3. The van der Waals surface area contributed by atoms with Gasteiger partial charge in [-0.25, -0.2) is 0 Å². The van der Waals surface area contributed by atoms with Crippen LogP contribution >= 0.6 is 12.2 Å². The highest BCUT2D eigenvalue weighted by molar-refractivity contribution is 7.80. The van der Waals surface area contributed by atoms with Gasteiger partial charge in [-0.2, -0.15) is 0 Å². The van der Waals surface area contributed by atoms with Crippen molar-refractivity contribution in [3.8, 4) is 0 Å². The lowest BCUT2D eigenvalue weighted by atomic mass is 10.2. The Labute approximate surface area is 95.0 Å². The minimum absolute atomic E-state index is 0.603. The van der Waals surface area contributed by atoms with Crippen LogP contribution < -0.4 is 16.4 Å². The van der Waals surface area contributed by atoms with Crippen LogP contribution in [-0.4, -0.2) is 11.2 Å². The third-order valence-corrected chi connectivity index (χ3v) is 2.58. The molecule has 0 atom stereocenters. The molecule has 15 heavy (non-hydrogen) atoms. The van der Waals surface area contributed by atoms with Crippen LogP contribution in [0.3, 0.4) is 0 Å². The van der Waals surface area contributed by atoms with Crippen molar-refractivity contribution in [2.45, 2.75) is 25.4 Å². The lowest BCUT2D eigenvalue weighted by molar-refractivity contribution is 0.829. The summed E-state index contributed by atoms with van der Waals surface area (Å²) in [4.78, 5) is 0. The maximum absolute atomic E-state index is 5.68. The molecule has 1 aliphatic carbocycles. The topological polar surface area (TPSA) is 50.1 Å². The highest BCUT2D eigenvalue weighted by Crippen LogP contribution is 2.18. The lowest BCUT2D eigenvalue weighted by Gasteiger charge is -2.09. The number of nitrogens with one attached hydrogen (secondary N) is 2. The fourth-order valence-electron chi connectivity index (χ4n) is 1.35. The minimum atomic E-state index is 0.603. The van der Waals surface area contributed by atoms with Gasteiger partial charge in [-0.3, -0.25) is 0 Å². The van der Waals surface area contributed by atoms with Gasteiger partial charge in [0.15, 0.2) is 5.11 Å². The molecular formula is C11H15N3S. The molecule has 1 aliphatic rings. The second kappa shape index (κ2) is 4.49. The van der Waals surface area contributed by atoms with Crippen LogP contribution in [0, 0.1) is 0 Å². The minimum Gasteiger partial charge on any atom is -0.399 e. The third-order valence-electron chi connectivity index (χ3n) is 2.32. The first-order valence-corrected chi connectivity index (χ1v) is 5.53. The Morgan fingerprint density at radius 2 is 2.27 bits per heavy atom. The van der Waals surface area contributed by atoms with Crippen LogP contribution in [0.25, 0.3) is 0 Å². The largest absolute Gasteiger partial charge is 0.399 e. The fraction of sp³-hybridized carbons (Fsp3) is 0.364. The molecule has 4 N–H and O–H groups in total. The van der Waals surface area contributed by atoms with Crippen molar-refractivity contribution in [3.63, 3.8) is 0 Å². The summed E-state index contributed by atoms with van der Waals surface area (Å²) in [5.74, 6) is 0. The number of anilines is 1. The van der Waals surface area contributed by atoms with Crippen LogP contribution in [-0.2, 0) is 6.54 Å². The summed E-state index contributed by atoms with van der Waals surface area (Å²) in [5, 5.41) is 7.13. The van der Waals surface area contributed by atoms with Crippen molar-refractivity contribution < 1.29 is 0 Å². The molecule has 80 valence electrons. The van der Waals surface area contributed by atoms with E-state index in [0.717, 1.165) is 22.9 Å². The Bertz CT molecular complexity index is 361. The maximum atomic E-state index is 5.68. The molecule has 0 spiro atoms. The molecule has 0 bridgehead atoms. The first kappa shape index (κ1) is 10.2. The fourth-order valence-corrected chi connectivity index (χ4v) is 1.59.